The molecule has 134 valence electrons. The molecule has 1 heterocycles. The molecule has 0 spiro atoms. The third-order valence-electron chi connectivity index (χ3n) is 5.47. The van der Waals surface area contributed by atoms with Crippen LogP contribution in [-0.4, -0.2) is 15.6 Å². The van der Waals surface area contributed by atoms with Gasteiger partial charge in [0.1, 0.15) is 0 Å². The van der Waals surface area contributed by atoms with Crippen LogP contribution in [0, 0.1) is 11.8 Å². The van der Waals surface area contributed by atoms with E-state index >= 15 is 0 Å². The predicted molar refractivity (Wildman–Crippen MR) is 103 cm³/mol. The number of fused-ring (bicyclic) bond motifs is 1. The van der Waals surface area contributed by atoms with Crippen LogP contribution in [0.2, 0.25) is 0 Å². The maximum atomic E-state index is 12.8. The molecule has 1 aliphatic rings. The average molecular weight is 338 g/mol. The normalized spacial score (nSPS) is 17.4. The first-order valence-corrected chi connectivity index (χ1v) is 9.66. The molecule has 1 aliphatic carbocycles. The first kappa shape index (κ1) is 17.9. The average Bonchev–Trinajstić information content (AvgIpc) is 2.94. The highest BCUT2D eigenvalue weighted by molar-refractivity contribution is 5.99. The van der Waals surface area contributed by atoms with Crippen LogP contribution in [-0.2, 0) is 12.8 Å². The van der Waals surface area contributed by atoms with E-state index in [1.807, 2.05) is 4.68 Å². The largest absolute Gasteiger partial charge is 0.294 e. The fourth-order valence-corrected chi connectivity index (χ4v) is 3.77. The van der Waals surface area contributed by atoms with E-state index in [4.69, 9.17) is 5.10 Å². The van der Waals surface area contributed by atoms with Gasteiger partial charge in [-0.25, -0.2) is 4.68 Å². The van der Waals surface area contributed by atoms with Crippen LogP contribution in [0.1, 0.15) is 80.7 Å². The molecule has 0 amide bonds. The van der Waals surface area contributed by atoms with E-state index in [9.17, 15) is 4.79 Å². The van der Waals surface area contributed by atoms with Crippen LogP contribution in [0.3, 0.4) is 0 Å². The van der Waals surface area contributed by atoms with Crippen molar-refractivity contribution >= 4 is 5.78 Å². The lowest BCUT2D eigenvalue weighted by Crippen LogP contribution is -2.25. The smallest absolute Gasteiger partial charge is 0.166 e. The third kappa shape index (κ3) is 3.42. The maximum absolute atomic E-state index is 12.8. The van der Waals surface area contributed by atoms with Crippen molar-refractivity contribution in [3.05, 3.63) is 46.8 Å². The zero-order valence-electron chi connectivity index (χ0n) is 16.2. The van der Waals surface area contributed by atoms with E-state index in [2.05, 4.69) is 58.9 Å². The molecule has 2 aromatic rings. The van der Waals surface area contributed by atoms with Gasteiger partial charge in [-0.3, -0.25) is 4.79 Å². The number of hydrogen-bond acceptors (Lipinski definition) is 2. The quantitative estimate of drug-likeness (QED) is 0.736. The predicted octanol–water partition coefficient (Wildman–Crippen LogP) is 5.35. The highest BCUT2D eigenvalue weighted by Crippen LogP contribution is 2.34. The fraction of sp³-hybridized carbons (Fsp3) is 0.545. The molecule has 0 saturated heterocycles. The van der Waals surface area contributed by atoms with Crippen molar-refractivity contribution in [1.82, 2.24) is 9.78 Å². The van der Waals surface area contributed by atoms with E-state index in [0.717, 1.165) is 41.9 Å². The lowest BCUT2D eigenvalue weighted by Gasteiger charge is -2.25. The molecular formula is C22H30N2O. The summed E-state index contributed by atoms with van der Waals surface area (Å²) in [5, 5.41) is 4.87. The Morgan fingerprint density at radius 3 is 2.36 bits per heavy atom. The van der Waals surface area contributed by atoms with Crippen LogP contribution in [0.15, 0.2) is 24.3 Å². The SMILES string of the molecule is CCCc1nn(-c2ccc(C(C)C)cc2)c2c1C(=O)CC(C(C)C)C2. The van der Waals surface area contributed by atoms with Crippen molar-refractivity contribution in [2.45, 2.75) is 66.2 Å². The number of rotatable bonds is 5. The Kier molecular flexibility index (Phi) is 5.12. The van der Waals surface area contributed by atoms with Gasteiger partial charge in [-0.15, -0.1) is 0 Å². The molecule has 0 fully saturated rings. The lowest BCUT2D eigenvalue weighted by atomic mass is 9.79. The van der Waals surface area contributed by atoms with Crippen molar-refractivity contribution in [1.29, 1.82) is 0 Å². The molecular weight excluding hydrogens is 308 g/mol. The van der Waals surface area contributed by atoms with Gasteiger partial charge in [0.2, 0.25) is 0 Å². The van der Waals surface area contributed by atoms with E-state index in [-0.39, 0.29) is 5.78 Å². The van der Waals surface area contributed by atoms with Gasteiger partial charge in [0.05, 0.1) is 22.6 Å². The van der Waals surface area contributed by atoms with Gasteiger partial charge in [-0.2, -0.15) is 5.10 Å². The van der Waals surface area contributed by atoms with E-state index in [0.29, 0.717) is 24.2 Å². The maximum Gasteiger partial charge on any atom is 0.166 e. The van der Waals surface area contributed by atoms with Gasteiger partial charge in [0.15, 0.2) is 5.78 Å². The molecule has 3 rings (SSSR count). The van der Waals surface area contributed by atoms with Crippen LogP contribution in [0.5, 0.6) is 0 Å². The van der Waals surface area contributed by atoms with Crippen LogP contribution >= 0.6 is 0 Å². The second-order valence-corrected chi connectivity index (χ2v) is 8.01. The van der Waals surface area contributed by atoms with Gasteiger partial charge in [0, 0.05) is 6.42 Å². The fourth-order valence-electron chi connectivity index (χ4n) is 3.77. The Morgan fingerprint density at radius 1 is 1.12 bits per heavy atom. The Labute approximate surface area is 151 Å². The summed E-state index contributed by atoms with van der Waals surface area (Å²) in [5.74, 6) is 1.73. The molecule has 0 N–H and O–H groups in total. The highest BCUT2D eigenvalue weighted by Gasteiger charge is 2.33. The number of carbonyl (C=O) groups excluding carboxylic acids is 1. The molecule has 3 heteroatoms. The summed E-state index contributed by atoms with van der Waals surface area (Å²) in [5.41, 5.74) is 5.41. The standard InChI is InChI=1S/C22H30N2O/c1-6-7-19-22-20(12-17(15(4)5)13-21(22)25)24(23-19)18-10-8-16(9-11-18)14(2)3/h8-11,14-15,17H,6-7,12-13H2,1-5H3. The number of hydrogen-bond donors (Lipinski definition) is 0. The molecule has 1 atom stereocenters. The Balaban J connectivity index is 2.08. The van der Waals surface area contributed by atoms with Crippen LogP contribution in [0.4, 0.5) is 0 Å². The summed E-state index contributed by atoms with van der Waals surface area (Å²) in [4.78, 5) is 12.8. The zero-order valence-corrected chi connectivity index (χ0v) is 16.2. The first-order chi connectivity index (χ1) is 11.9. The Hall–Kier alpha value is -1.90. The van der Waals surface area contributed by atoms with Crippen molar-refractivity contribution in [2.24, 2.45) is 11.8 Å². The summed E-state index contributed by atoms with van der Waals surface area (Å²) >= 11 is 0. The highest BCUT2D eigenvalue weighted by atomic mass is 16.1. The van der Waals surface area contributed by atoms with Gasteiger partial charge in [-0.1, -0.05) is 53.2 Å². The van der Waals surface area contributed by atoms with Crippen LogP contribution in [0.25, 0.3) is 5.69 Å². The van der Waals surface area contributed by atoms with Crippen molar-refractivity contribution < 1.29 is 4.79 Å². The van der Waals surface area contributed by atoms with Crippen molar-refractivity contribution in [3.8, 4) is 5.69 Å². The number of Topliss-reactive ketones (excluding diaryl/α,β-unsaturated/α-hetero) is 1. The first-order valence-electron chi connectivity index (χ1n) is 9.66. The molecule has 1 aromatic heterocycles. The van der Waals surface area contributed by atoms with E-state index < -0.39 is 0 Å². The van der Waals surface area contributed by atoms with Crippen molar-refractivity contribution in [2.75, 3.05) is 0 Å². The second-order valence-electron chi connectivity index (χ2n) is 8.01. The van der Waals surface area contributed by atoms with Gasteiger partial charge >= 0.3 is 0 Å². The summed E-state index contributed by atoms with van der Waals surface area (Å²) in [6.45, 7) is 11.0. The summed E-state index contributed by atoms with van der Waals surface area (Å²) in [7, 11) is 0. The molecule has 0 bridgehead atoms. The third-order valence-corrected chi connectivity index (χ3v) is 5.47. The number of carbonyl (C=O) groups is 1. The molecule has 3 nitrogen and oxygen atoms in total. The lowest BCUT2D eigenvalue weighted by molar-refractivity contribution is 0.0931. The topological polar surface area (TPSA) is 34.9 Å². The minimum absolute atomic E-state index is 0.286. The molecule has 0 aliphatic heterocycles. The minimum atomic E-state index is 0.286. The van der Waals surface area contributed by atoms with E-state index in [1.54, 1.807) is 0 Å². The molecule has 1 unspecified atom stereocenters. The molecule has 25 heavy (non-hydrogen) atoms. The number of benzene rings is 1. The zero-order chi connectivity index (χ0) is 18.1. The molecule has 0 saturated carbocycles. The number of nitrogens with zero attached hydrogens (tertiary/aromatic N) is 2. The van der Waals surface area contributed by atoms with E-state index in [1.165, 1.54) is 5.56 Å². The monoisotopic (exact) mass is 338 g/mol. The second kappa shape index (κ2) is 7.15. The van der Waals surface area contributed by atoms with Crippen LogP contribution < -0.4 is 0 Å². The Bertz CT molecular complexity index is 753. The number of aromatic nitrogens is 2. The summed E-state index contributed by atoms with van der Waals surface area (Å²) in [6.07, 6.45) is 3.49. The summed E-state index contributed by atoms with van der Waals surface area (Å²) < 4.78 is 2.04. The molecule has 0 radical (unpaired) electrons. The summed E-state index contributed by atoms with van der Waals surface area (Å²) in [6, 6.07) is 8.64. The van der Waals surface area contributed by atoms with Gasteiger partial charge in [-0.05, 0) is 48.3 Å². The Morgan fingerprint density at radius 2 is 1.80 bits per heavy atom. The number of aryl methyl sites for hydroxylation is 1. The number of ketones is 1. The molecule has 1 aromatic carbocycles. The minimum Gasteiger partial charge on any atom is -0.294 e. The van der Waals surface area contributed by atoms with Crippen molar-refractivity contribution in [3.63, 3.8) is 0 Å². The van der Waals surface area contributed by atoms with Gasteiger partial charge < -0.3 is 0 Å². The van der Waals surface area contributed by atoms with Gasteiger partial charge in [0.25, 0.3) is 0 Å².